The molecule has 39 valence electrons. The fourth-order valence-electron chi connectivity index (χ4n) is 0.176. The molecule has 0 saturated carbocycles. The van der Waals surface area contributed by atoms with E-state index < -0.39 is 0 Å². The van der Waals surface area contributed by atoms with Crippen LogP contribution in [0.1, 0.15) is 6.42 Å². The highest BCUT2D eigenvalue weighted by molar-refractivity contribution is 5.76. The molecule has 0 aliphatic carbocycles. The van der Waals surface area contributed by atoms with Crippen molar-refractivity contribution in [3.63, 3.8) is 0 Å². The Morgan fingerprint density at radius 1 is 2.00 bits per heavy atom. The van der Waals surface area contributed by atoms with Gasteiger partial charge in [0.1, 0.15) is 0 Å². The minimum atomic E-state index is -0.338. The van der Waals surface area contributed by atoms with E-state index >= 15 is 0 Å². The average Bonchev–Trinajstić information content (AvgIpc) is 1.68. The molecule has 0 heterocycles. The number of amides is 1. The van der Waals surface area contributed by atoms with Gasteiger partial charge in [-0.25, -0.2) is 5.84 Å². The van der Waals surface area contributed by atoms with Crippen molar-refractivity contribution in [1.29, 1.82) is 0 Å². The Morgan fingerprint density at radius 3 is 2.71 bits per heavy atom. The predicted molar refractivity (Wildman–Crippen MR) is 26.1 cm³/mol. The maximum atomic E-state index is 10.0. The molecule has 0 atom stereocenters. The van der Waals surface area contributed by atoms with Gasteiger partial charge in [0.05, 0.1) is 0 Å². The molecule has 0 aliphatic rings. The molecule has 0 spiro atoms. The second-order valence-electron chi connectivity index (χ2n) is 1.02. The SMILES string of the molecule is C=CCC(=O)[N]N. The second-order valence-corrected chi connectivity index (χ2v) is 1.02. The van der Waals surface area contributed by atoms with Gasteiger partial charge in [-0.2, -0.15) is 5.43 Å². The van der Waals surface area contributed by atoms with Crippen molar-refractivity contribution < 1.29 is 4.79 Å². The molecule has 0 bridgehead atoms. The molecule has 0 aromatic heterocycles. The molecule has 0 aliphatic heterocycles. The zero-order chi connectivity index (χ0) is 5.70. The van der Waals surface area contributed by atoms with E-state index in [-0.39, 0.29) is 12.3 Å². The van der Waals surface area contributed by atoms with Crippen molar-refractivity contribution >= 4 is 5.91 Å². The van der Waals surface area contributed by atoms with Gasteiger partial charge in [-0.15, -0.1) is 6.58 Å². The van der Waals surface area contributed by atoms with E-state index in [1.165, 1.54) is 6.08 Å². The Labute approximate surface area is 42.2 Å². The molecule has 3 nitrogen and oxygen atoms in total. The van der Waals surface area contributed by atoms with E-state index in [1.807, 2.05) is 0 Å². The van der Waals surface area contributed by atoms with Crippen LogP contribution in [0.25, 0.3) is 0 Å². The van der Waals surface area contributed by atoms with Crippen LogP contribution >= 0.6 is 0 Å². The maximum absolute atomic E-state index is 10.0. The van der Waals surface area contributed by atoms with Crippen LogP contribution in [-0.4, -0.2) is 5.91 Å². The van der Waals surface area contributed by atoms with Gasteiger partial charge in [0.2, 0.25) is 0 Å². The van der Waals surface area contributed by atoms with Crippen LogP contribution in [0.3, 0.4) is 0 Å². The van der Waals surface area contributed by atoms with Gasteiger partial charge in [-0.05, 0) is 0 Å². The standard InChI is InChI=1S/C4H7N2O/c1-2-3-4(7)6-5/h2H,1,3,5H2. The molecule has 0 aromatic carbocycles. The van der Waals surface area contributed by atoms with Crippen LogP contribution in [0.5, 0.6) is 0 Å². The molecule has 0 aromatic rings. The first-order valence-electron chi connectivity index (χ1n) is 1.86. The predicted octanol–water partition coefficient (Wildman–Crippen LogP) is -0.433. The van der Waals surface area contributed by atoms with Crippen molar-refractivity contribution in [2.45, 2.75) is 6.42 Å². The second kappa shape index (κ2) is 3.36. The van der Waals surface area contributed by atoms with Gasteiger partial charge in [0.15, 0.2) is 0 Å². The van der Waals surface area contributed by atoms with Gasteiger partial charge in [0, 0.05) is 6.42 Å². The highest BCUT2D eigenvalue weighted by Gasteiger charge is 1.90. The molecule has 0 rings (SSSR count). The fourth-order valence-corrected chi connectivity index (χ4v) is 0.176. The van der Waals surface area contributed by atoms with Crippen molar-refractivity contribution in [3.8, 4) is 0 Å². The molecule has 3 heteroatoms. The van der Waals surface area contributed by atoms with Gasteiger partial charge in [-0.3, -0.25) is 4.79 Å². The van der Waals surface area contributed by atoms with Crippen molar-refractivity contribution in [2.75, 3.05) is 0 Å². The number of nitrogens with zero attached hydrogens (tertiary/aromatic N) is 1. The Kier molecular flexibility index (Phi) is 2.96. The first-order chi connectivity index (χ1) is 3.31. The highest BCUT2D eigenvalue weighted by Crippen LogP contribution is 1.75. The van der Waals surface area contributed by atoms with Crippen LogP contribution in [-0.2, 0) is 4.79 Å². The van der Waals surface area contributed by atoms with Gasteiger partial charge in [0.25, 0.3) is 5.91 Å². The third-order valence-corrected chi connectivity index (χ3v) is 0.463. The summed E-state index contributed by atoms with van der Waals surface area (Å²) in [5, 5.41) is 0. The quantitative estimate of drug-likeness (QED) is 0.221. The molecule has 7 heavy (non-hydrogen) atoms. The van der Waals surface area contributed by atoms with Crippen molar-refractivity contribution in [1.82, 2.24) is 5.43 Å². The van der Waals surface area contributed by atoms with Crippen molar-refractivity contribution in [3.05, 3.63) is 12.7 Å². The molecule has 0 saturated heterocycles. The lowest BCUT2D eigenvalue weighted by Crippen LogP contribution is -2.20. The lowest BCUT2D eigenvalue weighted by Gasteiger charge is -1.84. The molecular weight excluding hydrogens is 92.1 g/mol. The Morgan fingerprint density at radius 2 is 2.57 bits per heavy atom. The summed E-state index contributed by atoms with van der Waals surface area (Å²) >= 11 is 0. The van der Waals surface area contributed by atoms with E-state index in [0.29, 0.717) is 0 Å². The average molecular weight is 99.1 g/mol. The largest absolute Gasteiger partial charge is 0.271 e. The summed E-state index contributed by atoms with van der Waals surface area (Å²) in [5.74, 6) is 4.25. The molecule has 0 unspecified atom stereocenters. The molecule has 0 fully saturated rings. The molecule has 2 N–H and O–H groups in total. The zero-order valence-electron chi connectivity index (χ0n) is 3.92. The molecule has 1 radical (unpaired) electrons. The van der Waals surface area contributed by atoms with Crippen LogP contribution in [0.15, 0.2) is 12.7 Å². The summed E-state index contributed by atoms with van der Waals surface area (Å²) in [6.07, 6.45) is 1.69. The number of hydrogen-bond donors (Lipinski definition) is 1. The number of nitrogens with two attached hydrogens (primary N) is 1. The number of carbonyl (C=O) groups is 1. The van der Waals surface area contributed by atoms with E-state index in [4.69, 9.17) is 0 Å². The Hall–Kier alpha value is -0.830. The molecule has 1 amide bonds. The summed E-state index contributed by atoms with van der Waals surface area (Å²) in [4.78, 5) is 10.0. The number of rotatable bonds is 2. The van der Waals surface area contributed by atoms with Gasteiger partial charge >= 0.3 is 0 Å². The lowest BCUT2D eigenvalue weighted by molar-refractivity contribution is -0.120. The smallest absolute Gasteiger partial charge is 0.260 e. The van der Waals surface area contributed by atoms with Crippen LogP contribution in [0.4, 0.5) is 0 Å². The third-order valence-electron chi connectivity index (χ3n) is 0.463. The summed E-state index contributed by atoms with van der Waals surface area (Å²) < 4.78 is 0. The van der Waals surface area contributed by atoms with Crippen LogP contribution < -0.4 is 11.3 Å². The van der Waals surface area contributed by atoms with E-state index in [0.717, 1.165) is 0 Å². The number of carbonyl (C=O) groups excluding carboxylic acids is 1. The van der Waals surface area contributed by atoms with E-state index in [1.54, 1.807) is 0 Å². The molecular formula is C4H7N2O. The normalized spacial score (nSPS) is 7.57. The lowest BCUT2D eigenvalue weighted by atomic mass is 10.4. The first kappa shape index (κ1) is 6.17. The minimum absolute atomic E-state index is 0.233. The van der Waals surface area contributed by atoms with Crippen LogP contribution in [0, 0.1) is 0 Å². The maximum Gasteiger partial charge on any atom is 0.260 e. The summed E-state index contributed by atoms with van der Waals surface area (Å²) in [6.45, 7) is 3.31. The fraction of sp³-hybridized carbons (Fsp3) is 0.250. The van der Waals surface area contributed by atoms with Gasteiger partial charge in [-0.1, -0.05) is 6.08 Å². The van der Waals surface area contributed by atoms with Crippen LogP contribution in [0.2, 0.25) is 0 Å². The minimum Gasteiger partial charge on any atom is -0.271 e. The number of hydrogen-bond acceptors (Lipinski definition) is 2. The monoisotopic (exact) mass is 99.1 g/mol. The zero-order valence-corrected chi connectivity index (χ0v) is 3.92. The van der Waals surface area contributed by atoms with E-state index in [9.17, 15) is 4.79 Å². The summed E-state index contributed by atoms with van der Waals surface area (Å²) in [7, 11) is 0. The van der Waals surface area contributed by atoms with Gasteiger partial charge < -0.3 is 0 Å². The Balaban J connectivity index is 3.17. The Bertz CT molecular complexity index is 79.8. The van der Waals surface area contributed by atoms with E-state index in [2.05, 4.69) is 17.8 Å². The summed E-state index contributed by atoms with van der Waals surface area (Å²) in [5.41, 5.74) is 2.87. The third kappa shape index (κ3) is 2.99. The first-order valence-corrected chi connectivity index (χ1v) is 1.86. The van der Waals surface area contributed by atoms with Crippen molar-refractivity contribution in [2.24, 2.45) is 5.84 Å². The summed E-state index contributed by atoms with van der Waals surface area (Å²) in [6, 6.07) is 0. The highest BCUT2D eigenvalue weighted by atomic mass is 16.2. The topological polar surface area (TPSA) is 57.2 Å².